The van der Waals surface area contributed by atoms with Crippen LogP contribution in [0.1, 0.15) is 21.5 Å². The minimum absolute atomic E-state index is 0.00616. The van der Waals surface area contributed by atoms with Gasteiger partial charge in [-0.25, -0.2) is 0 Å². The first kappa shape index (κ1) is 11.7. The third-order valence-electron chi connectivity index (χ3n) is 2.43. The van der Waals surface area contributed by atoms with Crippen LogP contribution in [0.25, 0.3) is 0 Å². The average Bonchev–Trinajstić information content (AvgIpc) is 2.22. The van der Waals surface area contributed by atoms with E-state index in [1.54, 1.807) is 0 Å². The number of carbonyl (C=O) groups excluding carboxylic acids is 1. The van der Waals surface area contributed by atoms with E-state index in [4.69, 9.17) is 0 Å². The predicted octanol–water partition coefficient (Wildman–Crippen LogP) is 1.25. The first-order valence-corrected chi connectivity index (χ1v) is 5.15. The summed E-state index contributed by atoms with van der Waals surface area (Å²) in [4.78, 5) is 11.6. The molecular weight excluding hydrogens is 188 g/mol. The molecule has 0 atom stereocenters. The lowest BCUT2D eigenvalue weighted by molar-refractivity contribution is 0.0954. The molecule has 0 fully saturated rings. The van der Waals surface area contributed by atoms with Crippen molar-refractivity contribution in [2.75, 3.05) is 20.1 Å². The van der Waals surface area contributed by atoms with E-state index < -0.39 is 0 Å². The standard InChI is InChI=1S/C12H18N2O/c1-9-4-5-11(8-10(9)2)12(15)14-7-6-13-3/h4-5,8,13H,6-7H2,1-3H3,(H,14,15). The number of hydrogen-bond acceptors (Lipinski definition) is 2. The van der Waals surface area contributed by atoms with Crippen LogP contribution in [0.2, 0.25) is 0 Å². The van der Waals surface area contributed by atoms with Crippen molar-refractivity contribution in [2.24, 2.45) is 0 Å². The van der Waals surface area contributed by atoms with Crippen molar-refractivity contribution in [1.82, 2.24) is 10.6 Å². The van der Waals surface area contributed by atoms with Gasteiger partial charge in [-0.2, -0.15) is 0 Å². The molecule has 0 saturated carbocycles. The van der Waals surface area contributed by atoms with Gasteiger partial charge in [0.15, 0.2) is 0 Å². The SMILES string of the molecule is CNCCNC(=O)c1ccc(C)c(C)c1. The summed E-state index contributed by atoms with van der Waals surface area (Å²) >= 11 is 0. The molecule has 0 saturated heterocycles. The maximum Gasteiger partial charge on any atom is 0.251 e. The quantitative estimate of drug-likeness (QED) is 0.728. The zero-order valence-corrected chi connectivity index (χ0v) is 9.55. The first-order valence-electron chi connectivity index (χ1n) is 5.15. The lowest BCUT2D eigenvalue weighted by Gasteiger charge is -2.06. The minimum Gasteiger partial charge on any atom is -0.351 e. The van der Waals surface area contributed by atoms with E-state index in [9.17, 15) is 4.79 Å². The highest BCUT2D eigenvalue weighted by Gasteiger charge is 2.04. The smallest absolute Gasteiger partial charge is 0.251 e. The Morgan fingerprint density at radius 3 is 2.53 bits per heavy atom. The van der Waals surface area contributed by atoms with Gasteiger partial charge in [0.05, 0.1) is 0 Å². The number of likely N-dealkylation sites (N-methyl/N-ethyl adjacent to an activating group) is 1. The summed E-state index contributed by atoms with van der Waals surface area (Å²) in [7, 11) is 1.86. The van der Waals surface area contributed by atoms with Crippen LogP contribution in [-0.4, -0.2) is 26.0 Å². The van der Waals surface area contributed by atoms with Gasteiger partial charge in [-0.1, -0.05) is 6.07 Å². The number of hydrogen-bond donors (Lipinski definition) is 2. The molecule has 1 amide bonds. The molecule has 3 nitrogen and oxygen atoms in total. The molecule has 1 aromatic carbocycles. The molecule has 0 radical (unpaired) electrons. The second-order valence-electron chi connectivity index (χ2n) is 3.66. The third-order valence-corrected chi connectivity index (χ3v) is 2.43. The molecule has 2 N–H and O–H groups in total. The van der Waals surface area contributed by atoms with Crippen molar-refractivity contribution in [2.45, 2.75) is 13.8 Å². The average molecular weight is 206 g/mol. The summed E-state index contributed by atoms with van der Waals surface area (Å²) in [5.74, 6) is -0.00616. The molecule has 1 aromatic rings. The van der Waals surface area contributed by atoms with E-state index in [-0.39, 0.29) is 5.91 Å². The van der Waals surface area contributed by atoms with E-state index >= 15 is 0 Å². The van der Waals surface area contributed by atoms with Crippen LogP contribution in [0.4, 0.5) is 0 Å². The molecular formula is C12H18N2O. The highest BCUT2D eigenvalue weighted by Crippen LogP contribution is 2.09. The van der Waals surface area contributed by atoms with Crippen LogP contribution < -0.4 is 10.6 Å². The zero-order valence-electron chi connectivity index (χ0n) is 9.55. The zero-order chi connectivity index (χ0) is 11.3. The van der Waals surface area contributed by atoms with Crippen LogP contribution in [0.3, 0.4) is 0 Å². The molecule has 0 bridgehead atoms. The van der Waals surface area contributed by atoms with Crippen molar-refractivity contribution >= 4 is 5.91 Å². The van der Waals surface area contributed by atoms with Gasteiger partial charge in [-0.05, 0) is 44.2 Å². The number of nitrogens with one attached hydrogen (secondary N) is 2. The van der Waals surface area contributed by atoms with Crippen molar-refractivity contribution in [3.05, 3.63) is 34.9 Å². The molecule has 0 aliphatic heterocycles. The summed E-state index contributed by atoms with van der Waals surface area (Å²) in [5.41, 5.74) is 3.09. The predicted molar refractivity (Wildman–Crippen MR) is 62.2 cm³/mol. The molecule has 3 heteroatoms. The second-order valence-corrected chi connectivity index (χ2v) is 3.66. The van der Waals surface area contributed by atoms with E-state index in [0.717, 1.165) is 17.7 Å². The summed E-state index contributed by atoms with van der Waals surface area (Å²) < 4.78 is 0. The van der Waals surface area contributed by atoms with Crippen molar-refractivity contribution in [3.8, 4) is 0 Å². The van der Waals surface area contributed by atoms with Crippen LogP contribution in [0.15, 0.2) is 18.2 Å². The van der Waals surface area contributed by atoms with Crippen LogP contribution in [0.5, 0.6) is 0 Å². The second kappa shape index (κ2) is 5.51. The third kappa shape index (κ3) is 3.36. The molecule has 0 aliphatic carbocycles. The Hall–Kier alpha value is -1.35. The Bertz CT molecular complexity index is 347. The molecule has 0 spiro atoms. The molecule has 0 aromatic heterocycles. The normalized spacial score (nSPS) is 10.1. The van der Waals surface area contributed by atoms with Gasteiger partial charge in [0.2, 0.25) is 0 Å². The Morgan fingerprint density at radius 2 is 1.93 bits per heavy atom. The van der Waals surface area contributed by atoms with E-state index in [0.29, 0.717) is 6.54 Å². The first-order chi connectivity index (χ1) is 7.15. The van der Waals surface area contributed by atoms with Crippen molar-refractivity contribution in [3.63, 3.8) is 0 Å². The van der Waals surface area contributed by atoms with Crippen LogP contribution >= 0.6 is 0 Å². The van der Waals surface area contributed by atoms with Gasteiger partial charge in [-0.3, -0.25) is 4.79 Å². The number of aryl methyl sites for hydroxylation is 2. The summed E-state index contributed by atoms with van der Waals surface area (Å²) in [6, 6.07) is 5.75. The van der Waals surface area contributed by atoms with Crippen LogP contribution in [-0.2, 0) is 0 Å². The van der Waals surface area contributed by atoms with Gasteiger partial charge in [-0.15, -0.1) is 0 Å². The molecule has 82 valence electrons. The van der Waals surface area contributed by atoms with E-state index in [2.05, 4.69) is 10.6 Å². The molecule has 1 rings (SSSR count). The van der Waals surface area contributed by atoms with Gasteiger partial charge >= 0.3 is 0 Å². The minimum atomic E-state index is -0.00616. The molecule has 0 unspecified atom stereocenters. The fourth-order valence-corrected chi connectivity index (χ4v) is 1.29. The topological polar surface area (TPSA) is 41.1 Å². The molecule has 0 aliphatic rings. The van der Waals surface area contributed by atoms with E-state index in [1.807, 2.05) is 39.1 Å². The van der Waals surface area contributed by atoms with Gasteiger partial charge in [0.1, 0.15) is 0 Å². The largest absolute Gasteiger partial charge is 0.351 e. The van der Waals surface area contributed by atoms with Gasteiger partial charge in [0.25, 0.3) is 5.91 Å². The summed E-state index contributed by atoms with van der Waals surface area (Å²) in [6.45, 7) is 5.50. The van der Waals surface area contributed by atoms with Gasteiger partial charge < -0.3 is 10.6 Å². The monoisotopic (exact) mass is 206 g/mol. The van der Waals surface area contributed by atoms with Crippen LogP contribution in [0, 0.1) is 13.8 Å². The summed E-state index contributed by atoms with van der Waals surface area (Å²) in [5, 5.41) is 5.83. The fourth-order valence-electron chi connectivity index (χ4n) is 1.29. The maximum absolute atomic E-state index is 11.6. The highest BCUT2D eigenvalue weighted by atomic mass is 16.1. The number of amides is 1. The Morgan fingerprint density at radius 1 is 1.20 bits per heavy atom. The maximum atomic E-state index is 11.6. The Balaban J connectivity index is 2.62. The van der Waals surface area contributed by atoms with E-state index in [1.165, 1.54) is 5.56 Å². The number of carbonyl (C=O) groups is 1. The van der Waals surface area contributed by atoms with Crippen molar-refractivity contribution < 1.29 is 4.79 Å². The Kier molecular flexibility index (Phi) is 4.31. The summed E-state index contributed by atoms with van der Waals surface area (Å²) in [6.07, 6.45) is 0. The number of benzene rings is 1. The molecule has 15 heavy (non-hydrogen) atoms. The van der Waals surface area contributed by atoms with Gasteiger partial charge in [0, 0.05) is 18.7 Å². The molecule has 0 heterocycles. The highest BCUT2D eigenvalue weighted by molar-refractivity contribution is 5.94. The van der Waals surface area contributed by atoms with Crippen molar-refractivity contribution in [1.29, 1.82) is 0 Å². The fraction of sp³-hybridized carbons (Fsp3) is 0.417. The lowest BCUT2D eigenvalue weighted by atomic mass is 10.1. The Labute approximate surface area is 90.9 Å². The lowest BCUT2D eigenvalue weighted by Crippen LogP contribution is -2.30. The number of rotatable bonds is 4.